The van der Waals surface area contributed by atoms with Gasteiger partial charge >= 0.3 is 0 Å². The Labute approximate surface area is 171 Å². The molecule has 0 fully saturated rings. The van der Waals surface area contributed by atoms with Crippen LogP contribution in [0.3, 0.4) is 0 Å². The second kappa shape index (κ2) is 7.51. The van der Waals surface area contributed by atoms with E-state index in [9.17, 15) is 0 Å². The van der Waals surface area contributed by atoms with Gasteiger partial charge in [-0.15, -0.1) is 0 Å². The molecule has 0 radical (unpaired) electrons. The zero-order valence-corrected chi connectivity index (χ0v) is 17.2. The maximum atomic E-state index is 6.05. The van der Waals surface area contributed by atoms with E-state index in [1.165, 1.54) is 5.56 Å². The van der Waals surface area contributed by atoms with Gasteiger partial charge in [-0.25, -0.2) is 0 Å². The molecule has 1 aromatic heterocycles. The fourth-order valence-corrected chi connectivity index (χ4v) is 3.51. The molecule has 0 N–H and O–H groups in total. The van der Waals surface area contributed by atoms with Crippen LogP contribution in [-0.2, 0) is 0 Å². The van der Waals surface area contributed by atoms with E-state index in [4.69, 9.17) is 13.9 Å². The lowest BCUT2D eigenvalue weighted by Gasteiger charge is -2.13. The zero-order chi connectivity index (χ0) is 20.5. The summed E-state index contributed by atoms with van der Waals surface area (Å²) in [6, 6.07) is 20.3. The Kier molecular flexibility index (Phi) is 4.89. The molecule has 4 aromatic rings. The SMILES string of the molecule is C=C(c1cc(C)c(C)c(OC)c1)c1ccc2oc(-c3ccc(OC)cc3)cc2c1. The summed E-state index contributed by atoms with van der Waals surface area (Å²) < 4.78 is 16.8. The molecule has 0 saturated heterocycles. The minimum Gasteiger partial charge on any atom is -0.497 e. The van der Waals surface area contributed by atoms with E-state index in [1.54, 1.807) is 14.2 Å². The minimum absolute atomic E-state index is 0.826. The van der Waals surface area contributed by atoms with Crippen molar-refractivity contribution in [2.24, 2.45) is 0 Å². The number of benzene rings is 3. The Hall–Kier alpha value is -3.46. The normalized spacial score (nSPS) is 10.9. The summed E-state index contributed by atoms with van der Waals surface area (Å²) in [7, 11) is 3.36. The van der Waals surface area contributed by atoms with Crippen LogP contribution in [0.15, 0.2) is 71.7 Å². The number of rotatable bonds is 5. The molecule has 1 heterocycles. The van der Waals surface area contributed by atoms with Crippen LogP contribution in [0, 0.1) is 13.8 Å². The number of hydrogen-bond acceptors (Lipinski definition) is 3. The second-order valence-electron chi connectivity index (χ2n) is 7.19. The van der Waals surface area contributed by atoms with Gasteiger partial charge in [0.1, 0.15) is 22.8 Å². The van der Waals surface area contributed by atoms with Crippen molar-refractivity contribution in [2.75, 3.05) is 14.2 Å². The van der Waals surface area contributed by atoms with Gasteiger partial charge in [0.2, 0.25) is 0 Å². The number of ether oxygens (including phenoxy) is 2. The molecule has 0 aliphatic heterocycles. The second-order valence-corrected chi connectivity index (χ2v) is 7.19. The molecule has 0 aliphatic rings. The molecule has 0 unspecified atom stereocenters. The Morgan fingerprint density at radius 3 is 2.28 bits per heavy atom. The van der Waals surface area contributed by atoms with Crippen molar-refractivity contribution in [3.05, 3.63) is 89.5 Å². The fourth-order valence-electron chi connectivity index (χ4n) is 3.51. The molecule has 0 atom stereocenters. The summed E-state index contributed by atoms with van der Waals surface area (Å²) in [5.41, 5.74) is 7.28. The van der Waals surface area contributed by atoms with Crippen molar-refractivity contribution in [1.82, 2.24) is 0 Å². The first-order valence-corrected chi connectivity index (χ1v) is 9.53. The van der Waals surface area contributed by atoms with E-state index < -0.39 is 0 Å². The Morgan fingerprint density at radius 1 is 0.828 bits per heavy atom. The van der Waals surface area contributed by atoms with Gasteiger partial charge in [-0.1, -0.05) is 18.7 Å². The fraction of sp³-hybridized carbons (Fsp3) is 0.154. The molecule has 0 amide bonds. The van der Waals surface area contributed by atoms with Crippen LogP contribution < -0.4 is 9.47 Å². The Balaban J connectivity index is 1.70. The van der Waals surface area contributed by atoms with Crippen LogP contribution in [0.2, 0.25) is 0 Å². The number of furan rings is 1. The standard InChI is InChI=1S/C26H24O3/c1-16-12-21(14-25(28-5)17(16)2)18(3)20-8-11-24-22(13-20)15-26(29-24)19-6-9-23(27-4)10-7-19/h6-15H,3H2,1-2,4-5H3. The van der Waals surface area contributed by atoms with Gasteiger partial charge < -0.3 is 13.9 Å². The third-order valence-electron chi connectivity index (χ3n) is 5.43. The Bertz CT molecular complexity index is 1200. The molecule has 0 spiro atoms. The maximum absolute atomic E-state index is 6.05. The monoisotopic (exact) mass is 384 g/mol. The first kappa shape index (κ1) is 18.9. The van der Waals surface area contributed by atoms with Crippen LogP contribution in [-0.4, -0.2) is 14.2 Å². The minimum atomic E-state index is 0.826. The van der Waals surface area contributed by atoms with E-state index in [1.807, 2.05) is 42.5 Å². The van der Waals surface area contributed by atoms with Crippen LogP contribution >= 0.6 is 0 Å². The van der Waals surface area contributed by atoms with Gasteiger partial charge in [0, 0.05) is 10.9 Å². The van der Waals surface area contributed by atoms with Gasteiger partial charge in [-0.3, -0.25) is 0 Å². The molecule has 3 aromatic carbocycles. The third-order valence-corrected chi connectivity index (χ3v) is 5.43. The average Bonchev–Trinajstić information content (AvgIpc) is 3.18. The van der Waals surface area contributed by atoms with E-state index in [0.717, 1.165) is 56.1 Å². The topological polar surface area (TPSA) is 31.6 Å². The molecule has 0 bridgehead atoms. The number of fused-ring (bicyclic) bond motifs is 1. The smallest absolute Gasteiger partial charge is 0.135 e. The summed E-state index contributed by atoms with van der Waals surface area (Å²) in [4.78, 5) is 0. The number of aryl methyl sites for hydroxylation is 1. The van der Waals surface area contributed by atoms with Crippen LogP contribution in [0.1, 0.15) is 22.3 Å². The summed E-state index contributed by atoms with van der Waals surface area (Å²) in [6.07, 6.45) is 0. The van der Waals surface area contributed by atoms with Crippen LogP contribution in [0.5, 0.6) is 11.5 Å². The lowest BCUT2D eigenvalue weighted by molar-refractivity contribution is 0.411. The molecule has 0 saturated carbocycles. The van der Waals surface area contributed by atoms with Gasteiger partial charge in [-0.05, 0) is 90.2 Å². The predicted octanol–water partition coefficient (Wildman–Crippen LogP) is 6.80. The van der Waals surface area contributed by atoms with Crippen LogP contribution in [0.25, 0.3) is 27.9 Å². The lowest BCUT2D eigenvalue weighted by Crippen LogP contribution is -1.94. The van der Waals surface area contributed by atoms with Crippen molar-refractivity contribution in [2.45, 2.75) is 13.8 Å². The Morgan fingerprint density at radius 2 is 1.59 bits per heavy atom. The van der Waals surface area contributed by atoms with E-state index in [-0.39, 0.29) is 0 Å². The lowest BCUT2D eigenvalue weighted by atomic mass is 9.95. The maximum Gasteiger partial charge on any atom is 0.135 e. The van der Waals surface area contributed by atoms with Gasteiger partial charge in [-0.2, -0.15) is 0 Å². The predicted molar refractivity (Wildman–Crippen MR) is 119 cm³/mol. The molecule has 0 aliphatic carbocycles. The summed E-state index contributed by atoms with van der Waals surface area (Å²) in [6.45, 7) is 8.49. The highest BCUT2D eigenvalue weighted by molar-refractivity contribution is 5.89. The highest BCUT2D eigenvalue weighted by atomic mass is 16.5. The highest BCUT2D eigenvalue weighted by Gasteiger charge is 2.12. The average molecular weight is 384 g/mol. The molecule has 3 nitrogen and oxygen atoms in total. The summed E-state index contributed by atoms with van der Waals surface area (Å²) >= 11 is 0. The van der Waals surface area contributed by atoms with Crippen molar-refractivity contribution in [3.8, 4) is 22.8 Å². The number of hydrogen-bond donors (Lipinski definition) is 0. The van der Waals surface area contributed by atoms with Crippen LogP contribution in [0.4, 0.5) is 0 Å². The third kappa shape index (κ3) is 3.52. The van der Waals surface area contributed by atoms with Crippen molar-refractivity contribution < 1.29 is 13.9 Å². The number of methoxy groups -OCH3 is 2. The molecule has 146 valence electrons. The van der Waals surface area contributed by atoms with Crippen molar-refractivity contribution in [1.29, 1.82) is 0 Å². The first-order valence-electron chi connectivity index (χ1n) is 9.53. The van der Waals surface area contributed by atoms with Crippen molar-refractivity contribution in [3.63, 3.8) is 0 Å². The molecular weight excluding hydrogens is 360 g/mol. The summed E-state index contributed by atoms with van der Waals surface area (Å²) in [5.74, 6) is 2.54. The molecule has 29 heavy (non-hydrogen) atoms. The van der Waals surface area contributed by atoms with Crippen molar-refractivity contribution >= 4 is 16.5 Å². The molecular formula is C26H24O3. The van der Waals surface area contributed by atoms with Gasteiger partial charge in [0.25, 0.3) is 0 Å². The van der Waals surface area contributed by atoms with E-state index in [2.05, 4.69) is 38.6 Å². The van der Waals surface area contributed by atoms with Gasteiger partial charge in [0.15, 0.2) is 0 Å². The van der Waals surface area contributed by atoms with E-state index in [0.29, 0.717) is 0 Å². The molecule has 4 rings (SSSR count). The van der Waals surface area contributed by atoms with E-state index >= 15 is 0 Å². The molecule has 3 heteroatoms. The quantitative estimate of drug-likeness (QED) is 0.379. The summed E-state index contributed by atoms with van der Waals surface area (Å²) in [5, 5.41) is 1.05. The highest BCUT2D eigenvalue weighted by Crippen LogP contribution is 2.33. The first-order chi connectivity index (χ1) is 14.0. The largest absolute Gasteiger partial charge is 0.497 e. The van der Waals surface area contributed by atoms with Gasteiger partial charge in [0.05, 0.1) is 14.2 Å². The zero-order valence-electron chi connectivity index (χ0n) is 17.2.